The van der Waals surface area contributed by atoms with Gasteiger partial charge in [-0.1, -0.05) is 6.07 Å². The first-order chi connectivity index (χ1) is 13.7. The van der Waals surface area contributed by atoms with Crippen LogP contribution in [-0.2, 0) is 13.0 Å². The number of fused-ring (bicyclic) bond motifs is 7. The van der Waals surface area contributed by atoms with Crippen molar-refractivity contribution in [2.75, 3.05) is 27.4 Å². The van der Waals surface area contributed by atoms with Crippen LogP contribution in [0, 0.1) is 0 Å². The first-order valence-corrected chi connectivity index (χ1v) is 10.2. The summed E-state index contributed by atoms with van der Waals surface area (Å²) in [5.74, 6) is 2.49. The molecule has 3 aromatic rings. The van der Waals surface area contributed by atoms with Gasteiger partial charge in [0.05, 0.1) is 20.8 Å². The van der Waals surface area contributed by atoms with Crippen LogP contribution in [0.25, 0.3) is 21.5 Å². The lowest BCUT2D eigenvalue weighted by atomic mass is 9.85. The van der Waals surface area contributed by atoms with Crippen molar-refractivity contribution in [3.05, 3.63) is 41.5 Å². The van der Waals surface area contributed by atoms with Gasteiger partial charge in [0.15, 0.2) is 11.5 Å². The lowest BCUT2D eigenvalue weighted by Gasteiger charge is -2.33. The molecule has 0 bridgehead atoms. The van der Waals surface area contributed by atoms with Crippen molar-refractivity contribution >= 4 is 21.5 Å². The summed E-state index contributed by atoms with van der Waals surface area (Å²) in [6, 6.07) is 11.5. The molecule has 0 amide bonds. The molecule has 0 unspecified atom stereocenters. The minimum absolute atomic E-state index is 0.668. The van der Waals surface area contributed by atoms with Gasteiger partial charge in [0.25, 0.3) is 0 Å². The van der Waals surface area contributed by atoms with Gasteiger partial charge in [-0.15, -0.1) is 0 Å². The molecule has 146 valence electrons. The van der Waals surface area contributed by atoms with E-state index in [0.717, 1.165) is 30.2 Å². The molecule has 5 rings (SSSR count). The van der Waals surface area contributed by atoms with Crippen molar-refractivity contribution < 1.29 is 14.2 Å². The Morgan fingerprint density at radius 1 is 0.929 bits per heavy atom. The van der Waals surface area contributed by atoms with Gasteiger partial charge in [-0.2, -0.15) is 0 Å². The highest BCUT2D eigenvalue weighted by molar-refractivity contribution is 6.12. The molecular formula is C24H27NO3. The zero-order valence-electron chi connectivity index (χ0n) is 16.9. The highest BCUT2D eigenvalue weighted by Crippen LogP contribution is 2.44. The summed E-state index contributed by atoms with van der Waals surface area (Å²) in [4.78, 5) is 2.66. The van der Waals surface area contributed by atoms with Crippen LogP contribution < -0.4 is 14.2 Å². The fourth-order valence-corrected chi connectivity index (χ4v) is 5.13. The maximum Gasteiger partial charge on any atom is 0.161 e. The first-order valence-electron chi connectivity index (χ1n) is 10.2. The zero-order valence-corrected chi connectivity index (χ0v) is 16.9. The molecule has 0 aliphatic carbocycles. The van der Waals surface area contributed by atoms with Crippen molar-refractivity contribution in [3.63, 3.8) is 0 Å². The molecule has 2 heterocycles. The molecule has 1 saturated heterocycles. The van der Waals surface area contributed by atoms with Crippen molar-refractivity contribution in [1.82, 2.24) is 4.90 Å². The van der Waals surface area contributed by atoms with Crippen LogP contribution in [0.3, 0.4) is 0 Å². The van der Waals surface area contributed by atoms with E-state index in [-0.39, 0.29) is 0 Å². The Labute approximate surface area is 166 Å². The second kappa shape index (κ2) is 6.85. The van der Waals surface area contributed by atoms with Crippen molar-refractivity contribution in [2.24, 2.45) is 0 Å². The van der Waals surface area contributed by atoms with Crippen LogP contribution in [0.5, 0.6) is 17.2 Å². The van der Waals surface area contributed by atoms with Crippen LogP contribution in [0.15, 0.2) is 30.3 Å². The Kier molecular flexibility index (Phi) is 4.31. The first kappa shape index (κ1) is 17.6. The van der Waals surface area contributed by atoms with Crippen LogP contribution in [0.4, 0.5) is 0 Å². The van der Waals surface area contributed by atoms with Gasteiger partial charge in [0, 0.05) is 12.6 Å². The van der Waals surface area contributed by atoms with Gasteiger partial charge >= 0.3 is 0 Å². The van der Waals surface area contributed by atoms with Crippen molar-refractivity contribution in [2.45, 2.75) is 38.8 Å². The molecular weight excluding hydrogens is 350 g/mol. The molecule has 0 N–H and O–H groups in total. The molecule has 0 spiro atoms. The Balaban J connectivity index is 1.85. The van der Waals surface area contributed by atoms with E-state index in [2.05, 4.69) is 35.2 Å². The van der Waals surface area contributed by atoms with E-state index >= 15 is 0 Å². The molecule has 2 aliphatic heterocycles. The van der Waals surface area contributed by atoms with E-state index in [0.29, 0.717) is 12.6 Å². The molecule has 0 saturated carbocycles. The minimum atomic E-state index is 0.668. The number of hydrogen-bond donors (Lipinski definition) is 0. The van der Waals surface area contributed by atoms with E-state index in [1.165, 1.54) is 52.1 Å². The van der Waals surface area contributed by atoms with E-state index in [4.69, 9.17) is 14.2 Å². The summed E-state index contributed by atoms with van der Waals surface area (Å²) in [5.41, 5.74) is 2.95. The third-order valence-electron chi connectivity index (χ3n) is 6.43. The van der Waals surface area contributed by atoms with Crippen LogP contribution >= 0.6 is 0 Å². The lowest BCUT2D eigenvalue weighted by molar-refractivity contribution is 0.229. The average Bonchev–Trinajstić information content (AvgIpc) is 3.19. The molecule has 1 atom stereocenters. The Bertz CT molecular complexity index is 1060. The third-order valence-corrected chi connectivity index (χ3v) is 6.43. The fourth-order valence-electron chi connectivity index (χ4n) is 5.13. The SMILES string of the molecule is CCOc1ccc2c3c(c4cc(OC)c(OC)cc4c2c1)C[C@H]1CCCN1C3. The number of hydrogen-bond acceptors (Lipinski definition) is 4. The summed E-state index contributed by atoms with van der Waals surface area (Å²) in [7, 11) is 3.41. The molecule has 0 aromatic heterocycles. The predicted octanol–water partition coefficient (Wildman–Crippen LogP) is 4.93. The van der Waals surface area contributed by atoms with Crippen molar-refractivity contribution in [1.29, 1.82) is 0 Å². The molecule has 4 nitrogen and oxygen atoms in total. The molecule has 4 heteroatoms. The fraction of sp³-hybridized carbons (Fsp3) is 0.417. The Morgan fingerprint density at radius 3 is 2.43 bits per heavy atom. The maximum atomic E-state index is 5.81. The molecule has 0 radical (unpaired) electrons. The molecule has 2 aliphatic rings. The van der Waals surface area contributed by atoms with Crippen LogP contribution in [0.2, 0.25) is 0 Å². The second-order valence-corrected chi connectivity index (χ2v) is 7.82. The lowest BCUT2D eigenvalue weighted by Crippen LogP contribution is -2.35. The van der Waals surface area contributed by atoms with E-state index in [9.17, 15) is 0 Å². The monoisotopic (exact) mass is 377 g/mol. The highest BCUT2D eigenvalue weighted by Gasteiger charge is 2.32. The summed E-state index contributed by atoms with van der Waals surface area (Å²) in [6.45, 7) is 4.94. The molecule has 28 heavy (non-hydrogen) atoms. The standard InChI is InChI=1S/C24H27NO3/c1-4-28-16-7-8-17-19(11-16)21-13-24(27-3)23(26-2)12-20(21)18-10-15-6-5-9-25(15)14-22(17)18/h7-8,11-13,15H,4-6,9-10,14H2,1-3H3/t15-/m1/s1. The van der Waals surface area contributed by atoms with Crippen molar-refractivity contribution in [3.8, 4) is 17.2 Å². The third kappa shape index (κ3) is 2.62. The Hall–Kier alpha value is -2.46. The summed E-state index contributed by atoms with van der Waals surface area (Å²) >= 11 is 0. The average molecular weight is 377 g/mol. The topological polar surface area (TPSA) is 30.9 Å². The van der Waals surface area contributed by atoms with Gasteiger partial charge in [0.1, 0.15) is 5.75 Å². The van der Waals surface area contributed by atoms with Gasteiger partial charge in [0.2, 0.25) is 0 Å². The van der Waals surface area contributed by atoms with Gasteiger partial charge < -0.3 is 14.2 Å². The summed E-state index contributed by atoms with van der Waals surface area (Å²) in [5, 5.41) is 5.08. The maximum absolute atomic E-state index is 5.81. The smallest absolute Gasteiger partial charge is 0.161 e. The quantitative estimate of drug-likeness (QED) is 0.603. The number of methoxy groups -OCH3 is 2. The number of benzene rings is 3. The predicted molar refractivity (Wildman–Crippen MR) is 113 cm³/mol. The number of ether oxygens (including phenoxy) is 3. The molecule has 1 fully saturated rings. The number of nitrogens with zero attached hydrogens (tertiary/aromatic N) is 1. The van der Waals surface area contributed by atoms with Gasteiger partial charge in [-0.05, 0) is 89.7 Å². The molecule has 3 aromatic carbocycles. The number of rotatable bonds is 4. The van der Waals surface area contributed by atoms with Gasteiger partial charge in [-0.25, -0.2) is 0 Å². The van der Waals surface area contributed by atoms with E-state index in [1.54, 1.807) is 14.2 Å². The van der Waals surface area contributed by atoms with Crippen LogP contribution in [-0.4, -0.2) is 38.3 Å². The Morgan fingerprint density at radius 2 is 1.68 bits per heavy atom. The van der Waals surface area contributed by atoms with Gasteiger partial charge in [-0.3, -0.25) is 4.90 Å². The summed E-state index contributed by atoms with van der Waals surface area (Å²) in [6.07, 6.45) is 3.72. The minimum Gasteiger partial charge on any atom is -0.494 e. The van der Waals surface area contributed by atoms with E-state index < -0.39 is 0 Å². The zero-order chi connectivity index (χ0) is 19.3. The van der Waals surface area contributed by atoms with Crippen LogP contribution in [0.1, 0.15) is 30.9 Å². The highest BCUT2D eigenvalue weighted by atomic mass is 16.5. The van der Waals surface area contributed by atoms with E-state index in [1.807, 2.05) is 6.92 Å². The normalized spacial score (nSPS) is 18.9. The second-order valence-electron chi connectivity index (χ2n) is 7.82. The summed E-state index contributed by atoms with van der Waals surface area (Å²) < 4.78 is 17.1. The largest absolute Gasteiger partial charge is 0.494 e.